The SMILES string of the molecule is CC(C)c1nc(N(C)S(=O)(=O)CC(C)(C)O)nc(-c2ccc(F)cc2)c1/C=C/[C@@H](O)C[C@@H](O)CC(=O)[O-].CC(C)c1nc(N(C)S(=O)(=O)CC(C)(C)O)nc(-c2ccc(F)cc2)c1/C=C/[C@@H](O)C[C@@H](O)CC(=O)[O-].[Ca+2]. The molecule has 0 saturated carbocycles. The molecule has 0 bridgehead atoms. The number of benzene rings is 2. The van der Waals surface area contributed by atoms with E-state index >= 15 is 0 Å². The van der Waals surface area contributed by atoms with Gasteiger partial charge in [-0.1, -0.05) is 52.0 Å². The molecule has 0 saturated heterocycles. The molecular formula is C50H66CaF2N6O14S2. The molecule has 408 valence electrons. The van der Waals surface area contributed by atoms with Gasteiger partial charge in [0.05, 0.1) is 69.9 Å². The quantitative estimate of drug-likeness (QED) is 0.0547. The number of carbonyl (C=O) groups is 2. The summed E-state index contributed by atoms with van der Waals surface area (Å²) in [5.74, 6) is -5.82. The molecule has 4 aromatic rings. The number of carbonyl (C=O) groups excluding carboxylic acids is 2. The van der Waals surface area contributed by atoms with Crippen molar-refractivity contribution in [2.24, 2.45) is 0 Å². The van der Waals surface area contributed by atoms with Gasteiger partial charge in [0.15, 0.2) is 0 Å². The fourth-order valence-electron chi connectivity index (χ4n) is 7.11. The van der Waals surface area contributed by atoms with Crippen LogP contribution in [0.25, 0.3) is 34.7 Å². The van der Waals surface area contributed by atoms with E-state index in [4.69, 9.17) is 0 Å². The zero-order valence-electron chi connectivity index (χ0n) is 43.5. The van der Waals surface area contributed by atoms with E-state index in [1.807, 2.05) is 27.7 Å². The van der Waals surface area contributed by atoms with Gasteiger partial charge in [0, 0.05) is 74.0 Å². The number of anilines is 2. The molecule has 0 unspecified atom stereocenters. The van der Waals surface area contributed by atoms with Crippen LogP contribution in [-0.2, 0) is 29.6 Å². The maximum atomic E-state index is 13.6. The fourth-order valence-corrected chi connectivity index (χ4v) is 9.94. The minimum absolute atomic E-state index is 0. The molecule has 0 spiro atoms. The molecule has 0 aliphatic heterocycles. The van der Waals surface area contributed by atoms with Crippen LogP contribution in [0.3, 0.4) is 0 Å². The first-order chi connectivity index (χ1) is 34.0. The van der Waals surface area contributed by atoms with E-state index in [0.29, 0.717) is 33.6 Å². The van der Waals surface area contributed by atoms with Crippen molar-refractivity contribution in [1.29, 1.82) is 0 Å². The van der Waals surface area contributed by atoms with E-state index in [9.17, 15) is 76.1 Å². The Kier molecular flexibility index (Phi) is 25.0. The van der Waals surface area contributed by atoms with Gasteiger partial charge in [-0.15, -0.1) is 0 Å². The molecule has 4 rings (SSSR count). The molecule has 2 heterocycles. The first kappa shape index (κ1) is 66.5. The number of carboxylic acid groups (broad SMARTS) is 2. The summed E-state index contributed by atoms with van der Waals surface area (Å²) < 4.78 is 80.7. The number of aliphatic carboxylic acids is 2. The number of hydrogen-bond acceptors (Lipinski definition) is 18. The van der Waals surface area contributed by atoms with Crippen molar-refractivity contribution in [3.63, 3.8) is 0 Å². The van der Waals surface area contributed by atoms with Crippen molar-refractivity contribution in [2.75, 3.05) is 34.2 Å². The Bertz CT molecular complexity index is 2650. The molecule has 0 fully saturated rings. The second-order valence-electron chi connectivity index (χ2n) is 19.5. The van der Waals surface area contributed by atoms with Crippen LogP contribution in [0.2, 0.25) is 0 Å². The summed E-state index contributed by atoms with van der Waals surface area (Å²) >= 11 is 0. The summed E-state index contributed by atoms with van der Waals surface area (Å²) in [6, 6.07) is 10.8. The number of aliphatic hydroxyl groups excluding tert-OH is 4. The van der Waals surface area contributed by atoms with E-state index in [2.05, 4.69) is 19.9 Å². The molecule has 0 aliphatic carbocycles. The first-order valence-electron chi connectivity index (χ1n) is 23.2. The summed E-state index contributed by atoms with van der Waals surface area (Å²) in [6.07, 6.45) is -1.19. The van der Waals surface area contributed by atoms with Crippen LogP contribution in [0, 0.1) is 11.6 Å². The molecule has 2 aromatic carbocycles. The van der Waals surface area contributed by atoms with E-state index < -0.39 is 104 Å². The minimum Gasteiger partial charge on any atom is -0.550 e. The maximum Gasteiger partial charge on any atom is 2.00 e. The molecule has 0 radical (unpaired) electrons. The molecule has 75 heavy (non-hydrogen) atoms. The van der Waals surface area contributed by atoms with Crippen molar-refractivity contribution >= 4 is 93.8 Å². The average Bonchev–Trinajstić information content (AvgIpc) is 3.25. The molecule has 20 nitrogen and oxygen atoms in total. The Morgan fingerprint density at radius 1 is 0.600 bits per heavy atom. The number of aromatic nitrogens is 4. The van der Waals surface area contributed by atoms with Crippen molar-refractivity contribution in [3.05, 3.63) is 94.8 Å². The summed E-state index contributed by atoms with van der Waals surface area (Å²) in [5.41, 5.74) is 0.107. The third-order valence-electron chi connectivity index (χ3n) is 10.5. The molecular weight excluding hydrogens is 1050 g/mol. The molecule has 6 N–H and O–H groups in total. The Morgan fingerprint density at radius 3 is 1.15 bits per heavy atom. The number of rotatable bonds is 24. The van der Waals surface area contributed by atoms with Crippen molar-refractivity contribution in [3.8, 4) is 22.5 Å². The molecule has 0 amide bonds. The summed E-state index contributed by atoms with van der Waals surface area (Å²) in [7, 11) is -5.50. The van der Waals surface area contributed by atoms with Crippen LogP contribution < -0.4 is 18.8 Å². The number of hydrogen-bond donors (Lipinski definition) is 6. The van der Waals surface area contributed by atoms with Gasteiger partial charge < -0.3 is 50.4 Å². The van der Waals surface area contributed by atoms with Crippen LogP contribution in [0.5, 0.6) is 0 Å². The van der Waals surface area contributed by atoms with Crippen molar-refractivity contribution < 1.29 is 76.1 Å². The normalized spacial score (nSPS) is 14.0. The van der Waals surface area contributed by atoms with E-state index in [0.717, 1.165) is 8.61 Å². The number of carboxylic acids is 2. The average molecular weight is 1120 g/mol. The Labute approximate surface area is 466 Å². The van der Waals surface area contributed by atoms with Crippen LogP contribution in [0.4, 0.5) is 20.7 Å². The standard InChI is InChI=1S/2C25H34FN3O7S.Ca/c2*1-15(2)22-20(11-10-18(30)12-19(31)13-21(32)33)23(16-6-8-17(26)9-7-16)28-24(27-22)29(5)37(35,36)14-25(3,4)34;/h2*6-11,15,18-19,30-31,34H,12-14H2,1-5H3,(H,32,33);/q;;+2/p-2/b2*11-10+;/t2*18-,19-;/m11./s1. The van der Waals surface area contributed by atoms with E-state index in [1.165, 1.54) is 115 Å². The summed E-state index contributed by atoms with van der Waals surface area (Å²) in [4.78, 5) is 39.2. The molecule has 25 heteroatoms. The fraction of sp³-hybridized carbons (Fsp3) is 0.480. The van der Waals surface area contributed by atoms with Crippen molar-refractivity contribution in [1.82, 2.24) is 19.9 Å². The third-order valence-corrected chi connectivity index (χ3v) is 14.7. The van der Waals surface area contributed by atoms with Gasteiger partial charge in [-0.2, -0.15) is 0 Å². The molecule has 2 aromatic heterocycles. The Hall–Kier alpha value is -4.60. The predicted molar refractivity (Wildman–Crippen MR) is 276 cm³/mol. The monoisotopic (exact) mass is 1120 g/mol. The van der Waals surface area contributed by atoms with E-state index in [-0.39, 0.29) is 85.7 Å². The van der Waals surface area contributed by atoms with Gasteiger partial charge in [0.1, 0.15) is 11.6 Å². The van der Waals surface area contributed by atoms with Gasteiger partial charge >= 0.3 is 37.7 Å². The van der Waals surface area contributed by atoms with Crippen LogP contribution >= 0.6 is 0 Å². The largest absolute Gasteiger partial charge is 2.00 e. The predicted octanol–water partition coefficient (Wildman–Crippen LogP) is 2.04. The maximum absolute atomic E-state index is 13.6. The summed E-state index contributed by atoms with van der Waals surface area (Å²) in [5, 5.41) is 81.7. The van der Waals surface area contributed by atoms with E-state index in [1.54, 1.807) is 0 Å². The van der Waals surface area contributed by atoms with Crippen LogP contribution in [0.15, 0.2) is 60.7 Å². The van der Waals surface area contributed by atoms with Gasteiger partial charge in [0.25, 0.3) is 0 Å². The number of halogens is 2. The van der Waals surface area contributed by atoms with Crippen LogP contribution in [-0.4, -0.2) is 178 Å². The van der Waals surface area contributed by atoms with Gasteiger partial charge in [-0.25, -0.2) is 54.2 Å². The van der Waals surface area contributed by atoms with Crippen LogP contribution in [0.1, 0.15) is 115 Å². The van der Waals surface area contributed by atoms with Crippen molar-refractivity contribution in [2.45, 2.75) is 129 Å². The smallest absolute Gasteiger partial charge is 0.550 e. The molecule has 0 aliphatic rings. The topological polar surface area (TPSA) is 328 Å². The zero-order valence-corrected chi connectivity index (χ0v) is 47.4. The zero-order chi connectivity index (χ0) is 56.3. The number of nitrogens with zero attached hydrogens (tertiary/aromatic N) is 6. The Morgan fingerprint density at radius 2 is 0.893 bits per heavy atom. The second-order valence-corrected chi connectivity index (χ2v) is 23.5. The Balaban J connectivity index is 0.000000507. The number of sulfonamides is 2. The summed E-state index contributed by atoms with van der Waals surface area (Å²) in [6.45, 7) is 12.8. The molecule has 4 atom stereocenters. The third kappa shape index (κ3) is 21.4. The second kappa shape index (κ2) is 28.1. The van der Waals surface area contributed by atoms with Gasteiger partial charge in [-0.3, -0.25) is 0 Å². The first-order valence-corrected chi connectivity index (χ1v) is 26.4. The minimum atomic E-state index is -4.02. The number of aliphatic hydroxyl groups is 6. The van der Waals surface area contributed by atoms with Gasteiger partial charge in [-0.05, 0) is 88.1 Å². The van der Waals surface area contributed by atoms with Gasteiger partial charge in [0.2, 0.25) is 31.9 Å².